The Labute approximate surface area is 256 Å². The first kappa shape index (κ1) is 28.3. The van der Waals surface area contributed by atoms with Gasteiger partial charge in [-0.3, -0.25) is 4.79 Å². The lowest BCUT2D eigenvalue weighted by Crippen LogP contribution is -2.20. The highest BCUT2D eigenvalue weighted by Crippen LogP contribution is 2.37. The molecule has 216 valence electrons. The number of rotatable bonds is 9. The predicted molar refractivity (Wildman–Crippen MR) is 169 cm³/mol. The number of halogens is 2. The Morgan fingerprint density at radius 1 is 0.930 bits per heavy atom. The van der Waals surface area contributed by atoms with Crippen LogP contribution < -0.4 is 19.8 Å². The zero-order valence-electron chi connectivity index (χ0n) is 23.2. The zero-order chi connectivity index (χ0) is 29.9. The van der Waals surface area contributed by atoms with E-state index in [-0.39, 0.29) is 18.0 Å². The van der Waals surface area contributed by atoms with Gasteiger partial charge >= 0.3 is 0 Å². The van der Waals surface area contributed by atoms with Gasteiger partial charge in [-0.05, 0) is 72.6 Å². The largest absolute Gasteiger partial charge is 0.496 e. The minimum absolute atomic E-state index is 0.234. The van der Waals surface area contributed by atoms with Gasteiger partial charge in [0, 0.05) is 5.02 Å². The highest BCUT2D eigenvalue weighted by molar-refractivity contribution is 6.32. The predicted octanol–water partition coefficient (Wildman–Crippen LogP) is 7.99. The first-order chi connectivity index (χ1) is 20.9. The minimum atomic E-state index is -0.358. The van der Waals surface area contributed by atoms with Crippen LogP contribution in [0.4, 0.5) is 0 Å². The summed E-state index contributed by atoms with van der Waals surface area (Å²) in [5, 5.41) is 6.68. The Balaban J connectivity index is 1.41. The van der Waals surface area contributed by atoms with Gasteiger partial charge < -0.3 is 18.6 Å². The van der Waals surface area contributed by atoms with Gasteiger partial charge in [-0.2, -0.15) is 9.78 Å². The second-order valence-electron chi connectivity index (χ2n) is 9.47. The van der Waals surface area contributed by atoms with E-state index in [0.29, 0.717) is 61.7 Å². The number of ether oxygens (including phenoxy) is 3. The van der Waals surface area contributed by atoms with Crippen LogP contribution in [0.15, 0.2) is 99.2 Å². The maximum atomic E-state index is 13.7. The van der Waals surface area contributed by atoms with E-state index in [1.54, 1.807) is 55.6 Å². The molecule has 0 atom stereocenters. The molecule has 43 heavy (non-hydrogen) atoms. The van der Waals surface area contributed by atoms with Crippen molar-refractivity contribution in [2.45, 2.75) is 13.5 Å². The van der Waals surface area contributed by atoms with E-state index in [0.717, 1.165) is 10.9 Å². The average Bonchev–Trinajstić information content (AvgIpc) is 3.46. The van der Waals surface area contributed by atoms with Crippen molar-refractivity contribution in [1.82, 2.24) is 9.66 Å². The lowest BCUT2D eigenvalue weighted by molar-refractivity contribution is 0.269. The van der Waals surface area contributed by atoms with Crippen LogP contribution in [0.2, 0.25) is 10.0 Å². The molecule has 0 amide bonds. The highest BCUT2D eigenvalue weighted by atomic mass is 35.5. The van der Waals surface area contributed by atoms with Gasteiger partial charge in [0.05, 0.1) is 41.2 Å². The summed E-state index contributed by atoms with van der Waals surface area (Å²) in [7, 11) is 1.59. The van der Waals surface area contributed by atoms with Crippen molar-refractivity contribution in [3.05, 3.63) is 116 Å². The summed E-state index contributed by atoms with van der Waals surface area (Å²) >= 11 is 12.7. The SMILES string of the molecule is CCOc1cc(C=Nn2c(-c3cc4c(OC)cccc4o3)nc3ccccc3c2=O)cc(Cl)c1OCc1ccc(Cl)cc1. The van der Waals surface area contributed by atoms with Crippen LogP contribution in [0.1, 0.15) is 18.1 Å². The standard InChI is InChI=1S/C33H25Cl2N3O5/c1-3-41-29-16-21(15-25(35)31(29)42-19-20-11-13-22(34)14-12-20)18-36-38-32(37-26-8-5-4-7-23(26)33(38)39)30-17-24-27(40-2)9-6-10-28(24)43-30/h4-18H,3,19H2,1-2H3. The molecule has 2 heterocycles. The van der Waals surface area contributed by atoms with E-state index in [1.165, 1.54) is 10.9 Å². The summed E-state index contributed by atoms with van der Waals surface area (Å²) in [5.74, 6) is 2.08. The third-order valence-electron chi connectivity index (χ3n) is 6.67. The Morgan fingerprint density at radius 2 is 1.74 bits per heavy atom. The molecule has 2 aromatic heterocycles. The van der Waals surface area contributed by atoms with Crippen LogP contribution in [0.5, 0.6) is 17.2 Å². The quantitative estimate of drug-likeness (QED) is 0.154. The molecule has 10 heteroatoms. The summed E-state index contributed by atoms with van der Waals surface area (Å²) in [6, 6.07) is 25.1. The molecule has 0 spiro atoms. The number of furan rings is 1. The fourth-order valence-electron chi connectivity index (χ4n) is 4.64. The highest BCUT2D eigenvalue weighted by Gasteiger charge is 2.18. The van der Waals surface area contributed by atoms with Crippen molar-refractivity contribution in [2.75, 3.05) is 13.7 Å². The molecule has 0 radical (unpaired) electrons. The summed E-state index contributed by atoms with van der Waals surface area (Å²) < 4.78 is 24.7. The average molecular weight is 614 g/mol. The van der Waals surface area contributed by atoms with E-state index >= 15 is 0 Å². The van der Waals surface area contributed by atoms with Gasteiger partial charge in [0.15, 0.2) is 17.3 Å². The number of benzene rings is 4. The lowest BCUT2D eigenvalue weighted by Gasteiger charge is -2.14. The van der Waals surface area contributed by atoms with Gasteiger partial charge in [0.1, 0.15) is 17.9 Å². The monoisotopic (exact) mass is 613 g/mol. The van der Waals surface area contributed by atoms with Crippen molar-refractivity contribution < 1.29 is 18.6 Å². The normalized spacial score (nSPS) is 11.4. The van der Waals surface area contributed by atoms with Crippen LogP contribution in [0, 0.1) is 0 Å². The summed E-state index contributed by atoms with van der Waals surface area (Å²) in [4.78, 5) is 18.4. The fraction of sp³-hybridized carbons (Fsp3) is 0.121. The van der Waals surface area contributed by atoms with Gasteiger partial charge in [-0.15, -0.1) is 0 Å². The van der Waals surface area contributed by atoms with Crippen LogP contribution in [0.25, 0.3) is 33.5 Å². The Morgan fingerprint density at radius 3 is 2.53 bits per heavy atom. The number of para-hydroxylation sites is 1. The molecule has 0 saturated heterocycles. The number of fused-ring (bicyclic) bond motifs is 2. The third kappa shape index (κ3) is 5.80. The third-order valence-corrected chi connectivity index (χ3v) is 7.20. The maximum Gasteiger partial charge on any atom is 0.282 e. The number of nitrogens with zero attached hydrogens (tertiary/aromatic N) is 3. The van der Waals surface area contributed by atoms with E-state index in [1.807, 2.05) is 43.3 Å². The van der Waals surface area contributed by atoms with Gasteiger partial charge in [-0.25, -0.2) is 4.98 Å². The summed E-state index contributed by atoms with van der Waals surface area (Å²) in [6.45, 7) is 2.53. The molecular weight excluding hydrogens is 589 g/mol. The Bertz CT molecular complexity index is 2030. The van der Waals surface area contributed by atoms with Crippen LogP contribution in [-0.2, 0) is 6.61 Å². The summed E-state index contributed by atoms with van der Waals surface area (Å²) in [6.07, 6.45) is 1.52. The molecule has 0 unspecified atom stereocenters. The topological polar surface area (TPSA) is 88.1 Å². The maximum absolute atomic E-state index is 13.7. The van der Waals surface area contributed by atoms with Crippen LogP contribution in [0.3, 0.4) is 0 Å². The molecule has 6 rings (SSSR count). The molecule has 8 nitrogen and oxygen atoms in total. The summed E-state index contributed by atoms with van der Waals surface area (Å²) in [5.41, 5.74) is 2.26. The molecule has 0 bridgehead atoms. The molecular formula is C33H25Cl2N3O5. The molecule has 0 fully saturated rings. The zero-order valence-corrected chi connectivity index (χ0v) is 24.7. The molecule has 0 N–H and O–H groups in total. The fourth-order valence-corrected chi connectivity index (χ4v) is 5.04. The Kier molecular flexibility index (Phi) is 8.05. The Hall–Kier alpha value is -4.79. The molecule has 0 aliphatic heterocycles. The van der Waals surface area contributed by atoms with E-state index in [2.05, 4.69) is 5.10 Å². The van der Waals surface area contributed by atoms with Crippen molar-refractivity contribution in [3.8, 4) is 28.8 Å². The lowest BCUT2D eigenvalue weighted by atomic mass is 10.2. The molecule has 6 aromatic rings. The number of aromatic nitrogens is 2. The van der Waals surface area contributed by atoms with Gasteiger partial charge in [-0.1, -0.05) is 53.5 Å². The first-order valence-corrected chi connectivity index (χ1v) is 14.2. The smallest absolute Gasteiger partial charge is 0.282 e. The molecule has 0 saturated carbocycles. The van der Waals surface area contributed by atoms with E-state index < -0.39 is 0 Å². The van der Waals surface area contributed by atoms with Crippen LogP contribution in [-0.4, -0.2) is 29.6 Å². The molecule has 0 aliphatic rings. The van der Waals surface area contributed by atoms with E-state index in [4.69, 9.17) is 46.8 Å². The number of methoxy groups -OCH3 is 1. The van der Waals surface area contributed by atoms with Gasteiger partial charge in [0.2, 0.25) is 5.82 Å². The van der Waals surface area contributed by atoms with Gasteiger partial charge in [0.25, 0.3) is 5.56 Å². The molecule has 0 aliphatic carbocycles. The van der Waals surface area contributed by atoms with Crippen LogP contribution >= 0.6 is 23.2 Å². The molecule has 4 aromatic carbocycles. The van der Waals surface area contributed by atoms with Crippen molar-refractivity contribution >= 4 is 51.3 Å². The second-order valence-corrected chi connectivity index (χ2v) is 10.3. The number of hydrogen-bond acceptors (Lipinski definition) is 7. The number of hydrogen-bond donors (Lipinski definition) is 0. The first-order valence-electron chi connectivity index (χ1n) is 13.4. The van der Waals surface area contributed by atoms with Crippen molar-refractivity contribution in [2.24, 2.45) is 5.10 Å². The van der Waals surface area contributed by atoms with Crippen molar-refractivity contribution in [3.63, 3.8) is 0 Å². The van der Waals surface area contributed by atoms with E-state index in [9.17, 15) is 4.79 Å². The van der Waals surface area contributed by atoms with Crippen molar-refractivity contribution in [1.29, 1.82) is 0 Å². The minimum Gasteiger partial charge on any atom is -0.496 e. The second kappa shape index (κ2) is 12.2.